The van der Waals surface area contributed by atoms with Crippen LogP contribution in [0.1, 0.15) is 60.7 Å². The Morgan fingerprint density at radius 1 is 1.07 bits per heavy atom. The predicted octanol–water partition coefficient (Wildman–Crippen LogP) is 7.39. The Balaban J connectivity index is 1.55. The highest BCUT2D eigenvalue weighted by atomic mass is 79.9. The van der Waals surface area contributed by atoms with Crippen molar-refractivity contribution >= 4 is 45.0 Å². The number of aromatic nitrogens is 1. The van der Waals surface area contributed by atoms with Gasteiger partial charge in [0.2, 0.25) is 0 Å². The quantitative estimate of drug-likeness (QED) is 0.170. The first kappa shape index (κ1) is 29.8. The van der Waals surface area contributed by atoms with Crippen LogP contribution in [0.5, 0.6) is 0 Å². The van der Waals surface area contributed by atoms with Gasteiger partial charge in [-0.25, -0.2) is 9.79 Å². The van der Waals surface area contributed by atoms with Crippen molar-refractivity contribution in [1.29, 1.82) is 0 Å². The standard InChI is InChI=1S/C36H31BrN2O4S/c1-5-42-35(41)31-32(24-9-7-6-8-10-24)38-36-39(33(31)25-14-12-23(13-15-25)21(2)3)34(40)30(44-36)20-26-16-18-29(43-26)27-17-11-22(4)19-28(27)37/h6-21,33H,5H2,1-4H3/b30-20-/t33-/m0/s1. The fourth-order valence-corrected chi connectivity index (χ4v) is 7.01. The minimum Gasteiger partial charge on any atom is -0.463 e. The first-order chi connectivity index (χ1) is 21.2. The molecule has 0 radical (unpaired) electrons. The average molecular weight is 668 g/mol. The molecule has 44 heavy (non-hydrogen) atoms. The third kappa shape index (κ3) is 5.67. The molecule has 0 unspecified atom stereocenters. The van der Waals surface area contributed by atoms with Gasteiger partial charge in [-0.2, -0.15) is 0 Å². The zero-order valence-corrected chi connectivity index (χ0v) is 27.2. The Morgan fingerprint density at radius 3 is 2.50 bits per heavy atom. The van der Waals surface area contributed by atoms with Gasteiger partial charge >= 0.3 is 5.97 Å². The molecule has 0 bridgehead atoms. The SMILES string of the molecule is CCOC(=O)C1=C(c2ccccc2)N=c2s/c(=C\c3ccc(-c4ccc(C)cc4Br)o3)c(=O)n2[C@H]1c1ccc(C(C)C)cc1. The summed E-state index contributed by atoms with van der Waals surface area (Å²) in [6, 6.07) is 26.7. The molecule has 5 aromatic rings. The van der Waals surface area contributed by atoms with Crippen molar-refractivity contribution in [2.24, 2.45) is 4.99 Å². The molecule has 0 N–H and O–H groups in total. The fourth-order valence-electron chi connectivity index (χ4n) is 5.34. The molecule has 1 aliphatic heterocycles. The lowest BCUT2D eigenvalue weighted by Crippen LogP contribution is -2.40. The number of benzene rings is 3. The summed E-state index contributed by atoms with van der Waals surface area (Å²) in [5, 5.41) is 0. The van der Waals surface area contributed by atoms with E-state index in [1.807, 2.05) is 79.7 Å². The van der Waals surface area contributed by atoms with Crippen LogP contribution in [0.4, 0.5) is 0 Å². The zero-order valence-electron chi connectivity index (χ0n) is 24.8. The van der Waals surface area contributed by atoms with E-state index in [9.17, 15) is 9.59 Å². The molecule has 0 saturated heterocycles. The van der Waals surface area contributed by atoms with E-state index in [-0.39, 0.29) is 12.2 Å². The van der Waals surface area contributed by atoms with E-state index in [0.29, 0.717) is 38.0 Å². The molecule has 1 aliphatic rings. The second-order valence-corrected chi connectivity index (χ2v) is 12.8. The van der Waals surface area contributed by atoms with E-state index >= 15 is 0 Å². The van der Waals surface area contributed by atoms with Crippen LogP contribution in [-0.4, -0.2) is 17.1 Å². The summed E-state index contributed by atoms with van der Waals surface area (Å²) in [5.41, 5.74) is 5.38. The van der Waals surface area contributed by atoms with Gasteiger partial charge < -0.3 is 9.15 Å². The summed E-state index contributed by atoms with van der Waals surface area (Å²) in [5.74, 6) is 1.07. The monoisotopic (exact) mass is 666 g/mol. The number of nitrogens with zero attached hydrogens (tertiary/aromatic N) is 2. The molecule has 8 heteroatoms. The maximum Gasteiger partial charge on any atom is 0.338 e. The van der Waals surface area contributed by atoms with Gasteiger partial charge in [-0.15, -0.1) is 0 Å². The minimum atomic E-state index is -0.723. The number of aryl methyl sites for hydroxylation is 1. The molecule has 2 aromatic heterocycles. The van der Waals surface area contributed by atoms with Crippen LogP contribution in [-0.2, 0) is 9.53 Å². The molecule has 0 amide bonds. The second kappa shape index (κ2) is 12.4. The molecule has 222 valence electrons. The molecule has 0 fully saturated rings. The number of ether oxygens (including phenoxy) is 1. The number of esters is 1. The number of hydrogen-bond acceptors (Lipinski definition) is 6. The molecule has 3 heterocycles. The predicted molar refractivity (Wildman–Crippen MR) is 178 cm³/mol. The van der Waals surface area contributed by atoms with Crippen molar-refractivity contribution in [2.75, 3.05) is 6.61 Å². The summed E-state index contributed by atoms with van der Waals surface area (Å²) in [6.45, 7) is 8.27. The maximum absolute atomic E-state index is 14.2. The fraction of sp³-hybridized carbons (Fsp3) is 0.194. The average Bonchev–Trinajstić information content (AvgIpc) is 3.60. The van der Waals surface area contributed by atoms with Gasteiger partial charge in [0.25, 0.3) is 5.56 Å². The Labute approximate surface area is 267 Å². The van der Waals surface area contributed by atoms with Crippen LogP contribution in [0, 0.1) is 6.92 Å². The molecule has 1 atom stereocenters. The number of halogens is 1. The van der Waals surface area contributed by atoms with E-state index in [4.69, 9.17) is 14.1 Å². The lowest BCUT2D eigenvalue weighted by Gasteiger charge is -2.26. The summed E-state index contributed by atoms with van der Waals surface area (Å²) >= 11 is 4.90. The van der Waals surface area contributed by atoms with Gasteiger partial charge in [0, 0.05) is 21.7 Å². The lowest BCUT2D eigenvalue weighted by molar-refractivity contribution is -0.138. The van der Waals surface area contributed by atoms with E-state index in [2.05, 4.69) is 41.9 Å². The lowest BCUT2D eigenvalue weighted by atomic mass is 9.91. The van der Waals surface area contributed by atoms with E-state index in [1.54, 1.807) is 17.6 Å². The van der Waals surface area contributed by atoms with Crippen molar-refractivity contribution in [2.45, 2.75) is 39.7 Å². The molecular formula is C36H31BrN2O4S. The maximum atomic E-state index is 14.2. The van der Waals surface area contributed by atoms with Gasteiger partial charge in [0.1, 0.15) is 11.5 Å². The molecule has 3 aromatic carbocycles. The number of thiazole rings is 1. The largest absolute Gasteiger partial charge is 0.463 e. The van der Waals surface area contributed by atoms with Crippen molar-refractivity contribution in [3.63, 3.8) is 0 Å². The number of rotatable bonds is 7. The van der Waals surface area contributed by atoms with Crippen molar-refractivity contribution in [1.82, 2.24) is 4.57 Å². The van der Waals surface area contributed by atoms with Gasteiger partial charge in [-0.3, -0.25) is 9.36 Å². The zero-order chi connectivity index (χ0) is 31.0. The van der Waals surface area contributed by atoms with Gasteiger partial charge in [0.05, 0.1) is 28.5 Å². The Hall–Kier alpha value is -4.27. The van der Waals surface area contributed by atoms with Crippen molar-refractivity contribution in [3.05, 3.63) is 143 Å². The van der Waals surface area contributed by atoms with Crippen LogP contribution in [0.15, 0.2) is 109 Å². The van der Waals surface area contributed by atoms with Crippen molar-refractivity contribution < 1.29 is 13.9 Å². The van der Waals surface area contributed by atoms with E-state index in [1.165, 1.54) is 16.9 Å². The number of carbonyl (C=O) groups is 1. The molecule has 6 nitrogen and oxygen atoms in total. The number of furan rings is 1. The first-order valence-corrected chi connectivity index (χ1v) is 16.1. The summed E-state index contributed by atoms with van der Waals surface area (Å²) in [7, 11) is 0. The van der Waals surface area contributed by atoms with Gasteiger partial charge in [-0.1, -0.05) is 102 Å². The molecule has 0 spiro atoms. The Morgan fingerprint density at radius 2 is 1.82 bits per heavy atom. The highest BCUT2D eigenvalue weighted by Crippen LogP contribution is 2.36. The third-order valence-corrected chi connectivity index (χ3v) is 9.22. The summed E-state index contributed by atoms with van der Waals surface area (Å²) < 4.78 is 14.7. The Bertz CT molecular complexity index is 2070. The van der Waals surface area contributed by atoms with Crippen LogP contribution >= 0.6 is 27.3 Å². The van der Waals surface area contributed by atoms with Crippen LogP contribution in [0.3, 0.4) is 0 Å². The van der Waals surface area contributed by atoms with Crippen LogP contribution in [0.25, 0.3) is 23.1 Å². The van der Waals surface area contributed by atoms with E-state index in [0.717, 1.165) is 26.7 Å². The van der Waals surface area contributed by atoms with Gasteiger partial charge in [0.15, 0.2) is 4.80 Å². The number of fused-ring (bicyclic) bond motifs is 1. The first-order valence-electron chi connectivity index (χ1n) is 14.5. The smallest absolute Gasteiger partial charge is 0.338 e. The van der Waals surface area contributed by atoms with Crippen LogP contribution < -0.4 is 14.9 Å². The molecule has 0 saturated carbocycles. The second-order valence-electron chi connectivity index (χ2n) is 10.9. The van der Waals surface area contributed by atoms with Crippen LogP contribution in [0.2, 0.25) is 0 Å². The highest BCUT2D eigenvalue weighted by Gasteiger charge is 2.35. The normalized spacial score (nSPS) is 15.0. The topological polar surface area (TPSA) is 73.8 Å². The summed E-state index contributed by atoms with van der Waals surface area (Å²) in [6.07, 6.45) is 1.74. The molecule has 6 rings (SSSR count). The number of hydrogen-bond donors (Lipinski definition) is 0. The van der Waals surface area contributed by atoms with Crippen molar-refractivity contribution in [3.8, 4) is 11.3 Å². The molecule has 0 aliphatic carbocycles. The van der Waals surface area contributed by atoms with E-state index < -0.39 is 12.0 Å². The third-order valence-electron chi connectivity index (χ3n) is 7.58. The highest BCUT2D eigenvalue weighted by molar-refractivity contribution is 9.10. The minimum absolute atomic E-state index is 0.200. The number of carbonyl (C=O) groups excluding carboxylic acids is 1. The molecular weight excluding hydrogens is 636 g/mol. The Kier molecular flexibility index (Phi) is 8.38. The summed E-state index contributed by atoms with van der Waals surface area (Å²) in [4.78, 5) is 33.3. The van der Waals surface area contributed by atoms with Gasteiger partial charge in [-0.05, 0) is 60.7 Å².